The highest BCUT2D eigenvalue weighted by molar-refractivity contribution is 7.59. The SMILES string of the molecule is CC(COCc1ccc(F)cc1)CP(=O)(CO[C@H](C)Cn1cnc2c(N)ncnc21)Oc1ccccc1. The first-order valence-corrected chi connectivity index (χ1v) is 14.0. The van der Waals surface area contributed by atoms with E-state index >= 15 is 0 Å². The van der Waals surface area contributed by atoms with Crippen LogP contribution in [0.15, 0.2) is 67.3 Å². The molecule has 11 heteroatoms. The maximum Gasteiger partial charge on any atom is 0.273 e. The standard InChI is InChI=1S/C26H31FN5O4P/c1-19(13-34-14-21-8-10-22(27)11-9-21)15-37(33,36-23-6-4-3-5-7-23)18-35-20(2)12-32-17-31-24-25(28)29-16-30-26(24)32/h3-11,16-17,19-20H,12-15,18H2,1-2H3,(H2,28,29,30)/t19?,20-,37?/m1/s1. The minimum absolute atomic E-state index is 0.0604. The van der Waals surface area contributed by atoms with Gasteiger partial charge in [-0.25, -0.2) is 19.3 Å². The van der Waals surface area contributed by atoms with E-state index in [2.05, 4.69) is 15.0 Å². The first kappa shape index (κ1) is 26.7. The van der Waals surface area contributed by atoms with Crippen molar-refractivity contribution in [3.63, 3.8) is 0 Å². The molecule has 2 heterocycles. The van der Waals surface area contributed by atoms with E-state index < -0.39 is 7.37 Å². The van der Waals surface area contributed by atoms with Gasteiger partial charge in [0.15, 0.2) is 11.5 Å². The zero-order valence-electron chi connectivity index (χ0n) is 20.9. The van der Waals surface area contributed by atoms with Crippen molar-refractivity contribution in [2.75, 3.05) is 24.9 Å². The molecule has 0 saturated carbocycles. The van der Waals surface area contributed by atoms with Gasteiger partial charge in [-0.15, -0.1) is 0 Å². The molecule has 2 unspecified atom stereocenters. The Bertz CT molecular complexity index is 1340. The van der Waals surface area contributed by atoms with Crippen molar-refractivity contribution in [2.45, 2.75) is 33.1 Å². The average molecular weight is 528 g/mol. The molecule has 4 aromatic rings. The number of benzene rings is 2. The van der Waals surface area contributed by atoms with Gasteiger partial charge < -0.3 is 24.3 Å². The van der Waals surface area contributed by atoms with Crippen molar-refractivity contribution in [3.8, 4) is 5.75 Å². The van der Waals surface area contributed by atoms with Crippen LogP contribution in [0.25, 0.3) is 11.2 Å². The molecule has 9 nitrogen and oxygen atoms in total. The number of ether oxygens (including phenoxy) is 2. The number of rotatable bonds is 13. The molecule has 2 aromatic heterocycles. The molecule has 4 rings (SSSR count). The van der Waals surface area contributed by atoms with Crippen molar-refractivity contribution in [3.05, 3.63) is 78.6 Å². The Morgan fingerprint density at radius 1 is 1.05 bits per heavy atom. The third-order valence-corrected chi connectivity index (χ3v) is 7.89. The number of nitrogens with two attached hydrogens (primary N) is 1. The molecular weight excluding hydrogens is 496 g/mol. The number of halogens is 1. The molecule has 0 aliphatic carbocycles. The van der Waals surface area contributed by atoms with Gasteiger partial charge in [0.05, 0.1) is 32.2 Å². The molecule has 0 saturated heterocycles. The summed E-state index contributed by atoms with van der Waals surface area (Å²) in [6, 6.07) is 15.2. The molecule has 0 radical (unpaired) electrons. The van der Waals surface area contributed by atoms with E-state index in [9.17, 15) is 8.96 Å². The van der Waals surface area contributed by atoms with Crippen LogP contribution in [0.1, 0.15) is 19.4 Å². The lowest BCUT2D eigenvalue weighted by Crippen LogP contribution is -2.21. The van der Waals surface area contributed by atoms with Crippen LogP contribution in [0.2, 0.25) is 0 Å². The maximum absolute atomic E-state index is 13.9. The molecule has 0 fully saturated rings. The second kappa shape index (κ2) is 12.3. The van der Waals surface area contributed by atoms with Crippen LogP contribution in [0.5, 0.6) is 5.75 Å². The third kappa shape index (κ3) is 7.58. The zero-order chi connectivity index (χ0) is 26.3. The summed E-state index contributed by atoms with van der Waals surface area (Å²) in [7, 11) is -3.24. The van der Waals surface area contributed by atoms with Gasteiger partial charge in [0.1, 0.15) is 29.8 Å². The van der Waals surface area contributed by atoms with E-state index in [1.165, 1.54) is 18.5 Å². The summed E-state index contributed by atoms with van der Waals surface area (Å²) in [5.41, 5.74) is 7.88. The first-order valence-electron chi connectivity index (χ1n) is 12.0. The van der Waals surface area contributed by atoms with Crippen LogP contribution in [-0.2, 0) is 27.2 Å². The van der Waals surface area contributed by atoms with Gasteiger partial charge in [0.25, 0.3) is 7.37 Å². The fourth-order valence-corrected chi connectivity index (χ4v) is 6.15. The smallest absolute Gasteiger partial charge is 0.273 e. The molecule has 37 heavy (non-hydrogen) atoms. The number of nitrogens with zero attached hydrogens (tertiary/aromatic N) is 4. The van der Waals surface area contributed by atoms with Gasteiger partial charge in [0.2, 0.25) is 0 Å². The summed E-state index contributed by atoms with van der Waals surface area (Å²) in [5.74, 6) is 0.484. The third-order valence-electron chi connectivity index (χ3n) is 5.63. The summed E-state index contributed by atoms with van der Waals surface area (Å²) in [4.78, 5) is 12.5. The number of fused-ring (bicyclic) bond motifs is 1. The number of para-hydroxylation sites is 1. The average Bonchev–Trinajstić information content (AvgIpc) is 3.28. The van der Waals surface area contributed by atoms with Gasteiger partial charge in [0, 0.05) is 6.16 Å². The lowest BCUT2D eigenvalue weighted by atomic mass is 10.2. The van der Waals surface area contributed by atoms with E-state index in [0.29, 0.717) is 42.5 Å². The second-order valence-corrected chi connectivity index (χ2v) is 11.5. The van der Waals surface area contributed by atoms with Gasteiger partial charge in [-0.05, 0) is 42.7 Å². The summed E-state index contributed by atoms with van der Waals surface area (Å²) in [6.07, 6.45) is 2.94. The Hall–Kier alpha value is -3.33. The lowest BCUT2D eigenvalue weighted by Gasteiger charge is -2.24. The van der Waals surface area contributed by atoms with Crippen molar-refractivity contribution < 1.29 is 23.0 Å². The van der Waals surface area contributed by atoms with Crippen LogP contribution in [0, 0.1) is 11.7 Å². The Morgan fingerprint density at radius 2 is 1.81 bits per heavy atom. The Balaban J connectivity index is 1.36. The summed E-state index contributed by atoms with van der Waals surface area (Å²) in [5, 5.41) is 0. The minimum Gasteiger partial charge on any atom is -0.441 e. The van der Waals surface area contributed by atoms with Crippen LogP contribution in [0.4, 0.5) is 10.2 Å². The van der Waals surface area contributed by atoms with Crippen LogP contribution < -0.4 is 10.3 Å². The fourth-order valence-electron chi connectivity index (χ4n) is 3.88. The Kier molecular flexibility index (Phi) is 8.87. The lowest BCUT2D eigenvalue weighted by molar-refractivity contribution is 0.0803. The summed E-state index contributed by atoms with van der Waals surface area (Å²) in [6.45, 7) is 5.00. The van der Waals surface area contributed by atoms with Gasteiger partial charge in [-0.1, -0.05) is 37.3 Å². The Labute approximate surface area is 215 Å². The summed E-state index contributed by atoms with van der Waals surface area (Å²) >= 11 is 0. The van der Waals surface area contributed by atoms with Crippen molar-refractivity contribution in [1.29, 1.82) is 0 Å². The fraction of sp³-hybridized carbons (Fsp3) is 0.346. The van der Waals surface area contributed by atoms with E-state index in [4.69, 9.17) is 19.7 Å². The number of nitrogen functional groups attached to an aromatic ring is 1. The van der Waals surface area contributed by atoms with Crippen molar-refractivity contribution >= 4 is 24.4 Å². The van der Waals surface area contributed by atoms with Gasteiger partial charge in [-0.2, -0.15) is 0 Å². The van der Waals surface area contributed by atoms with Gasteiger partial charge >= 0.3 is 0 Å². The largest absolute Gasteiger partial charge is 0.441 e. The quantitative estimate of drug-likeness (QED) is 0.238. The van der Waals surface area contributed by atoms with Crippen molar-refractivity contribution in [1.82, 2.24) is 19.5 Å². The molecule has 0 aliphatic rings. The molecular formula is C26H31FN5O4P. The van der Waals surface area contributed by atoms with E-state index in [0.717, 1.165) is 5.56 Å². The highest BCUT2D eigenvalue weighted by atomic mass is 31.2. The maximum atomic E-state index is 13.9. The molecule has 0 bridgehead atoms. The van der Waals surface area contributed by atoms with Crippen LogP contribution in [-0.4, -0.2) is 44.7 Å². The van der Waals surface area contributed by atoms with Crippen LogP contribution in [0.3, 0.4) is 0 Å². The normalized spacial score (nSPS) is 14.8. The van der Waals surface area contributed by atoms with Crippen molar-refractivity contribution in [2.24, 2.45) is 5.92 Å². The monoisotopic (exact) mass is 527 g/mol. The number of hydrogen-bond donors (Lipinski definition) is 1. The van der Waals surface area contributed by atoms with E-state index in [1.54, 1.807) is 30.6 Å². The Morgan fingerprint density at radius 3 is 2.57 bits per heavy atom. The number of aromatic nitrogens is 4. The highest BCUT2D eigenvalue weighted by Gasteiger charge is 2.29. The first-order chi connectivity index (χ1) is 17.8. The molecule has 2 aromatic carbocycles. The predicted octanol–water partition coefficient (Wildman–Crippen LogP) is 5.12. The topological polar surface area (TPSA) is 114 Å². The van der Waals surface area contributed by atoms with Crippen LogP contribution >= 0.6 is 7.37 Å². The molecule has 0 aliphatic heterocycles. The number of anilines is 1. The van der Waals surface area contributed by atoms with E-state index in [1.807, 2.05) is 36.6 Å². The zero-order valence-corrected chi connectivity index (χ0v) is 21.8. The van der Waals surface area contributed by atoms with Gasteiger partial charge in [-0.3, -0.25) is 4.57 Å². The minimum atomic E-state index is -3.24. The second-order valence-electron chi connectivity index (χ2n) is 9.08. The summed E-state index contributed by atoms with van der Waals surface area (Å²) < 4.78 is 46.7. The molecule has 3 atom stereocenters. The molecule has 0 spiro atoms. The highest BCUT2D eigenvalue weighted by Crippen LogP contribution is 2.49. The molecule has 0 amide bonds. The number of imidazole rings is 1. The number of hydrogen-bond acceptors (Lipinski definition) is 8. The molecule has 196 valence electrons. The van der Waals surface area contributed by atoms with E-state index in [-0.39, 0.29) is 30.3 Å². The predicted molar refractivity (Wildman–Crippen MR) is 140 cm³/mol. The molecule has 2 N–H and O–H groups in total.